The second-order valence-electron chi connectivity index (χ2n) is 8.02. The number of hydrogen-bond acceptors (Lipinski definition) is 10. The van der Waals surface area contributed by atoms with E-state index < -0.39 is 35.7 Å². The van der Waals surface area contributed by atoms with E-state index in [1.807, 2.05) is 0 Å². The van der Waals surface area contributed by atoms with Crippen LogP contribution in [0.4, 0.5) is 11.4 Å². The highest BCUT2D eigenvalue weighted by molar-refractivity contribution is 6.16. The minimum atomic E-state index is -0.749. The topological polar surface area (TPSA) is 163 Å². The summed E-state index contributed by atoms with van der Waals surface area (Å²) in [6.07, 6.45) is 0. The Kier molecular flexibility index (Phi) is 9.31. The van der Waals surface area contributed by atoms with E-state index in [1.54, 1.807) is 0 Å². The van der Waals surface area contributed by atoms with Crippen LogP contribution in [-0.2, 0) is 18.9 Å². The summed E-state index contributed by atoms with van der Waals surface area (Å²) >= 11 is 0. The van der Waals surface area contributed by atoms with E-state index in [0.717, 1.165) is 28.4 Å². The molecule has 0 aliphatic rings. The molecule has 0 spiro atoms. The van der Waals surface area contributed by atoms with Gasteiger partial charge in [0.15, 0.2) is 0 Å². The van der Waals surface area contributed by atoms with Crippen molar-refractivity contribution in [1.29, 1.82) is 0 Å². The molecule has 3 aromatic rings. The first-order chi connectivity index (χ1) is 19.1. The fourth-order valence-electron chi connectivity index (χ4n) is 3.62. The molecule has 0 aliphatic heterocycles. The van der Waals surface area contributed by atoms with Gasteiger partial charge in [-0.25, -0.2) is 19.2 Å². The molecule has 0 atom stereocenters. The Morgan fingerprint density at radius 2 is 0.750 bits per heavy atom. The number of amides is 2. The van der Waals surface area contributed by atoms with Crippen LogP contribution in [0, 0.1) is 0 Å². The molecular formula is C28H24N2O10. The third kappa shape index (κ3) is 6.67. The molecule has 0 aliphatic carbocycles. The van der Waals surface area contributed by atoms with Gasteiger partial charge in [-0.05, 0) is 48.5 Å². The Hall–Kier alpha value is -5.52. The Morgan fingerprint density at radius 3 is 1.00 bits per heavy atom. The summed E-state index contributed by atoms with van der Waals surface area (Å²) in [4.78, 5) is 74.7. The molecule has 12 nitrogen and oxygen atoms in total. The number of rotatable bonds is 8. The van der Waals surface area contributed by atoms with Gasteiger partial charge >= 0.3 is 23.9 Å². The Balaban J connectivity index is 1.94. The van der Waals surface area contributed by atoms with Crippen LogP contribution in [0.15, 0.2) is 60.7 Å². The zero-order valence-electron chi connectivity index (χ0n) is 21.9. The van der Waals surface area contributed by atoms with E-state index in [0.29, 0.717) is 0 Å². The Bertz CT molecular complexity index is 1330. The number of hydrogen-bond donors (Lipinski definition) is 2. The Morgan fingerprint density at radius 1 is 0.475 bits per heavy atom. The summed E-state index contributed by atoms with van der Waals surface area (Å²) in [5.74, 6) is -4.46. The lowest BCUT2D eigenvalue weighted by atomic mass is 10.0. The Labute approximate surface area is 228 Å². The zero-order chi connectivity index (χ0) is 29.4. The van der Waals surface area contributed by atoms with Gasteiger partial charge < -0.3 is 29.6 Å². The number of carbonyl (C=O) groups is 6. The normalized spacial score (nSPS) is 10.1. The van der Waals surface area contributed by atoms with E-state index in [2.05, 4.69) is 10.6 Å². The van der Waals surface area contributed by atoms with Crippen LogP contribution < -0.4 is 10.6 Å². The molecule has 0 heterocycles. The van der Waals surface area contributed by atoms with Gasteiger partial charge in [-0.15, -0.1) is 0 Å². The lowest BCUT2D eigenvalue weighted by Crippen LogP contribution is -2.21. The molecule has 0 radical (unpaired) electrons. The van der Waals surface area contributed by atoms with Gasteiger partial charge in [0.05, 0.1) is 61.8 Å². The first-order valence-electron chi connectivity index (χ1n) is 11.5. The summed E-state index contributed by atoms with van der Waals surface area (Å²) in [6, 6.07) is 13.5. The first kappa shape index (κ1) is 29.0. The molecule has 0 saturated carbocycles. The molecule has 0 unspecified atom stereocenters. The number of carbonyl (C=O) groups excluding carboxylic acids is 6. The number of ether oxygens (including phenoxy) is 4. The van der Waals surface area contributed by atoms with Crippen LogP contribution in [0.3, 0.4) is 0 Å². The highest BCUT2D eigenvalue weighted by Gasteiger charge is 2.21. The largest absolute Gasteiger partial charge is 0.465 e. The van der Waals surface area contributed by atoms with E-state index in [1.165, 1.54) is 60.7 Å². The van der Waals surface area contributed by atoms with Crippen molar-refractivity contribution in [3.8, 4) is 0 Å². The summed E-state index contributed by atoms with van der Waals surface area (Å²) in [6.45, 7) is 0. The van der Waals surface area contributed by atoms with Gasteiger partial charge in [0.1, 0.15) is 0 Å². The highest BCUT2D eigenvalue weighted by Crippen LogP contribution is 2.21. The molecule has 0 fully saturated rings. The second kappa shape index (κ2) is 12.8. The molecule has 206 valence electrons. The van der Waals surface area contributed by atoms with Crippen LogP contribution in [0.2, 0.25) is 0 Å². The number of methoxy groups -OCH3 is 4. The molecule has 2 amide bonds. The zero-order valence-corrected chi connectivity index (χ0v) is 21.9. The van der Waals surface area contributed by atoms with Crippen molar-refractivity contribution in [3.05, 3.63) is 94.0 Å². The molecule has 3 rings (SSSR count). The maximum absolute atomic E-state index is 13.2. The smallest absolute Gasteiger partial charge is 0.337 e. The SMILES string of the molecule is COC(=O)c1cc(NC(=O)c2ccccc2C(=O)Nc2cc(C(=O)OC)cc(C(=O)OC)c2)cc(C(=O)OC)c1. The molecule has 2 N–H and O–H groups in total. The third-order valence-corrected chi connectivity index (χ3v) is 5.48. The monoisotopic (exact) mass is 548 g/mol. The molecular weight excluding hydrogens is 524 g/mol. The van der Waals surface area contributed by atoms with Gasteiger partial charge in [0.2, 0.25) is 0 Å². The summed E-state index contributed by atoms with van der Waals surface area (Å²) < 4.78 is 18.8. The fourth-order valence-corrected chi connectivity index (χ4v) is 3.62. The van der Waals surface area contributed by atoms with Crippen molar-refractivity contribution < 1.29 is 47.7 Å². The summed E-state index contributed by atoms with van der Waals surface area (Å²) in [5.41, 5.74) is -0.0377. The first-order valence-corrected chi connectivity index (χ1v) is 11.5. The van der Waals surface area contributed by atoms with Gasteiger partial charge in [-0.3, -0.25) is 9.59 Å². The average molecular weight is 549 g/mol. The van der Waals surface area contributed by atoms with Gasteiger partial charge in [0.25, 0.3) is 11.8 Å². The van der Waals surface area contributed by atoms with Crippen LogP contribution in [0.25, 0.3) is 0 Å². The molecule has 3 aromatic carbocycles. The number of benzene rings is 3. The van der Waals surface area contributed by atoms with Gasteiger partial charge in [0, 0.05) is 11.4 Å². The lowest BCUT2D eigenvalue weighted by Gasteiger charge is -2.13. The van der Waals surface area contributed by atoms with E-state index in [4.69, 9.17) is 18.9 Å². The number of nitrogens with one attached hydrogen (secondary N) is 2. The molecule has 40 heavy (non-hydrogen) atoms. The number of esters is 4. The summed E-state index contributed by atoms with van der Waals surface area (Å²) in [5, 5.41) is 5.13. The number of anilines is 2. The second-order valence-corrected chi connectivity index (χ2v) is 8.02. The van der Waals surface area contributed by atoms with Gasteiger partial charge in [-0.1, -0.05) is 12.1 Å². The molecule has 0 saturated heterocycles. The maximum atomic E-state index is 13.2. The fraction of sp³-hybridized carbons (Fsp3) is 0.143. The van der Waals surface area contributed by atoms with Crippen molar-refractivity contribution in [2.45, 2.75) is 0 Å². The lowest BCUT2D eigenvalue weighted by molar-refractivity contribution is 0.0581. The van der Waals surface area contributed by atoms with Gasteiger partial charge in [-0.2, -0.15) is 0 Å². The minimum absolute atomic E-state index is 0.0152. The summed E-state index contributed by atoms with van der Waals surface area (Å²) in [7, 11) is 4.65. The van der Waals surface area contributed by atoms with E-state index in [-0.39, 0.29) is 44.8 Å². The third-order valence-electron chi connectivity index (χ3n) is 5.48. The maximum Gasteiger partial charge on any atom is 0.337 e. The predicted molar refractivity (Wildman–Crippen MR) is 141 cm³/mol. The van der Waals surface area contributed by atoms with Crippen molar-refractivity contribution in [2.24, 2.45) is 0 Å². The van der Waals surface area contributed by atoms with Crippen LogP contribution in [0.1, 0.15) is 62.1 Å². The van der Waals surface area contributed by atoms with Crippen LogP contribution >= 0.6 is 0 Å². The predicted octanol–water partition coefficient (Wildman–Crippen LogP) is 3.34. The van der Waals surface area contributed by atoms with E-state index >= 15 is 0 Å². The molecule has 0 bridgehead atoms. The minimum Gasteiger partial charge on any atom is -0.465 e. The highest BCUT2D eigenvalue weighted by atomic mass is 16.5. The van der Waals surface area contributed by atoms with Crippen molar-refractivity contribution in [2.75, 3.05) is 39.1 Å². The molecule has 0 aromatic heterocycles. The van der Waals surface area contributed by atoms with Crippen molar-refractivity contribution >= 4 is 47.1 Å². The van der Waals surface area contributed by atoms with Crippen molar-refractivity contribution in [3.63, 3.8) is 0 Å². The van der Waals surface area contributed by atoms with Crippen LogP contribution in [0.5, 0.6) is 0 Å². The quantitative estimate of drug-likeness (QED) is 0.315. The van der Waals surface area contributed by atoms with Crippen molar-refractivity contribution in [1.82, 2.24) is 0 Å². The van der Waals surface area contributed by atoms with Crippen LogP contribution in [-0.4, -0.2) is 64.1 Å². The average Bonchev–Trinajstić information content (AvgIpc) is 2.98. The standard InChI is InChI=1S/C28H24N2O10/c1-37-25(33)15-9-16(26(34)38-2)12-19(11-15)29-23(31)21-7-5-6-8-22(21)24(32)30-20-13-17(27(35)39-3)10-18(14-20)28(36)40-4/h5-14H,1-4H3,(H,29,31)(H,30,32). The van der Waals surface area contributed by atoms with E-state index in [9.17, 15) is 28.8 Å². The molecule has 12 heteroatoms.